The Morgan fingerprint density at radius 3 is 2.53 bits per heavy atom. The van der Waals surface area contributed by atoms with Crippen LogP contribution in [0.4, 0.5) is 15.8 Å². The molecule has 0 N–H and O–H groups in total. The number of halogens is 1. The van der Waals surface area contributed by atoms with E-state index in [1.54, 1.807) is 0 Å². The van der Waals surface area contributed by atoms with Crippen LogP contribution >= 0.6 is 0 Å². The van der Waals surface area contributed by atoms with Gasteiger partial charge >= 0.3 is 0 Å². The number of nitro groups is 1. The van der Waals surface area contributed by atoms with Crippen LogP contribution in [-0.2, 0) is 0 Å². The summed E-state index contributed by atoms with van der Waals surface area (Å²) in [7, 11) is 0. The number of anilines is 1. The molecule has 0 aliphatic heterocycles. The zero-order valence-corrected chi connectivity index (χ0v) is 10.3. The van der Waals surface area contributed by atoms with Gasteiger partial charge in [-0.25, -0.2) is 4.39 Å². The first-order chi connectivity index (χ1) is 7.95. The van der Waals surface area contributed by atoms with Gasteiger partial charge in [0, 0.05) is 24.3 Å². The number of hydrogen-bond donors (Lipinski definition) is 0. The number of hydrogen-bond acceptors (Lipinski definition) is 3. The molecule has 17 heavy (non-hydrogen) atoms. The summed E-state index contributed by atoms with van der Waals surface area (Å²) in [6.45, 7) is 6.72. The molecule has 0 radical (unpaired) electrons. The van der Waals surface area contributed by atoms with Crippen molar-refractivity contribution < 1.29 is 9.31 Å². The molecular formula is C12H17FN2O2. The van der Waals surface area contributed by atoms with Crippen LogP contribution in [0.2, 0.25) is 0 Å². The van der Waals surface area contributed by atoms with Gasteiger partial charge in [0.05, 0.1) is 11.0 Å². The Bertz CT molecular complexity index is 407. The van der Waals surface area contributed by atoms with Crippen LogP contribution in [0.1, 0.15) is 27.2 Å². The van der Waals surface area contributed by atoms with E-state index in [1.807, 2.05) is 25.7 Å². The van der Waals surface area contributed by atoms with Gasteiger partial charge in [-0.1, -0.05) is 6.92 Å². The highest BCUT2D eigenvalue weighted by atomic mass is 19.1. The zero-order chi connectivity index (χ0) is 13.0. The summed E-state index contributed by atoms with van der Waals surface area (Å²) >= 11 is 0. The van der Waals surface area contributed by atoms with Crippen molar-refractivity contribution in [2.75, 3.05) is 11.4 Å². The Morgan fingerprint density at radius 2 is 2.06 bits per heavy atom. The standard InChI is InChI=1S/C12H17FN2O2/c1-4-5-14(9(2)3)11-6-10(13)7-12(8-11)15(16)17/h6-9H,4-5H2,1-3H3. The highest BCUT2D eigenvalue weighted by molar-refractivity contribution is 5.54. The third-order valence-corrected chi connectivity index (χ3v) is 2.50. The number of benzene rings is 1. The van der Waals surface area contributed by atoms with Gasteiger partial charge in [-0.05, 0) is 26.3 Å². The summed E-state index contributed by atoms with van der Waals surface area (Å²) in [5, 5.41) is 10.7. The van der Waals surface area contributed by atoms with Gasteiger partial charge in [0.2, 0.25) is 0 Å². The molecule has 0 heterocycles. The van der Waals surface area contributed by atoms with Gasteiger partial charge in [0.15, 0.2) is 0 Å². The van der Waals surface area contributed by atoms with E-state index in [0.29, 0.717) is 5.69 Å². The van der Waals surface area contributed by atoms with Crippen molar-refractivity contribution in [2.24, 2.45) is 0 Å². The van der Waals surface area contributed by atoms with Gasteiger partial charge in [0.1, 0.15) is 5.82 Å². The van der Waals surface area contributed by atoms with Crippen LogP contribution in [0, 0.1) is 15.9 Å². The lowest BCUT2D eigenvalue weighted by Gasteiger charge is -2.28. The molecule has 1 aromatic carbocycles. The van der Waals surface area contributed by atoms with E-state index in [9.17, 15) is 14.5 Å². The van der Waals surface area contributed by atoms with Gasteiger partial charge in [0.25, 0.3) is 5.69 Å². The molecule has 0 fully saturated rings. The SMILES string of the molecule is CCCN(c1cc(F)cc([N+](=O)[O-])c1)C(C)C. The molecule has 0 aliphatic carbocycles. The van der Waals surface area contributed by atoms with E-state index >= 15 is 0 Å². The van der Waals surface area contributed by atoms with Crippen molar-refractivity contribution in [3.8, 4) is 0 Å². The van der Waals surface area contributed by atoms with Gasteiger partial charge < -0.3 is 4.90 Å². The lowest BCUT2D eigenvalue weighted by molar-refractivity contribution is -0.385. The first-order valence-corrected chi connectivity index (χ1v) is 5.67. The van der Waals surface area contributed by atoms with Crippen LogP contribution in [0.25, 0.3) is 0 Å². The quantitative estimate of drug-likeness (QED) is 0.585. The average molecular weight is 240 g/mol. The van der Waals surface area contributed by atoms with E-state index in [2.05, 4.69) is 0 Å². The molecule has 94 valence electrons. The zero-order valence-electron chi connectivity index (χ0n) is 10.3. The molecule has 0 aliphatic rings. The second-order valence-electron chi connectivity index (χ2n) is 4.21. The second kappa shape index (κ2) is 5.61. The molecule has 0 atom stereocenters. The van der Waals surface area contributed by atoms with Crippen molar-refractivity contribution in [2.45, 2.75) is 33.2 Å². The van der Waals surface area contributed by atoms with E-state index in [-0.39, 0.29) is 11.7 Å². The molecule has 0 amide bonds. The summed E-state index contributed by atoms with van der Waals surface area (Å²) in [6.07, 6.45) is 0.905. The predicted molar refractivity (Wildman–Crippen MR) is 65.8 cm³/mol. The molecule has 4 nitrogen and oxygen atoms in total. The minimum absolute atomic E-state index is 0.177. The molecular weight excluding hydrogens is 223 g/mol. The Kier molecular flexibility index (Phi) is 4.43. The monoisotopic (exact) mass is 240 g/mol. The Balaban J connectivity index is 3.14. The highest BCUT2D eigenvalue weighted by Gasteiger charge is 2.15. The second-order valence-corrected chi connectivity index (χ2v) is 4.21. The predicted octanol–water partition coefficient (Wildman–Crippen LogP) is 3.36. The van der Waals surface area contributed by atoms with Crippen LogP contribution < -0.4 is 4.90 Å². The minimum atomic E-state index is -0.573. The van der Waals surface area contributed by atoms with Gasteiger partial charge in [-0.15, -0.1) is 0 Å². The van der Waals surface area contributed by atoms with Gasteiger partial charge in [-0.3, -0.25) is 10.1 Å². The topological polar surface area (TPSA) is 46.4 Å². The van der Waals surface area contributed by atoms with Crippen molar-refractivity contribution in [3.63, 3.8) is 0 Å². The fourth-order valence-electron chi connectivity index (χ4n) is 1.76. The minimum Gasteiger partial charge on any atom is -0.369 e. The number of nitro benzene ring substituents is 1. The number of rotatable bonds is 5. The fraction of sp³-hybridized carbons (Fsp3) is 0.500. The molecule has 0 bridgehead atoms. The summed E-state index contributed by atoms with van der Waals surface area (Å²) in [5.74, 6) is -0.573. The van der Waals surface area contributed by atoms with Crippen molar-refractivity contribution >= 4 is 11.4 Å². The van der Waals surface area contributed by atoms with Crippen LogP contribution in [0.15, 0.2) is 18.2 Å². The van der Waals surface area contributed by atoms with E-state index in [1.165, 1.54) is 12.1 Å². The van der Waals surface area contributed by atoms with Gasteiger partial charge in [-0.2, -0.15) is 0 Å². The summed E-state index contributed by atoms with van der Waals surface area (Å²) in [6, 6.07) is 3.87. The summed E-state index contributed by atoms with van der Waals surface area (Å²) in [4.78, 5) is 12.1. The largest absolute Gasteiger partial charge is 0.369 e. The Labute approximate surface area is 100 Å². The maximum absolute atomic E-state index is 13.3. The van der Waals surface area contributed by atoms with Crippen molar-refractivity contribution in [3.05, 3.63) is 34.1 Å². The first kappa shape index (κ1) is 13.4. The van der Waals surface area contributed by atoms with Crippen LogP contribution in [-0.4, -0.2) is 17.5 Å². The number of nitrogens with zero attached hydrogens (tertiary/aromatic N) is 2. The molecule has 5 heteroatoms. The fourth-order valence-corrected chi connectivity index (χ4v) is 1.76. The summed E-state index contributed by atoms with van der Waals surface area (Å²) < 4.78 is 13.3. The lowest BCUT2D eigenvalue weighted by Crippen LogP contribution is -2.31. The smallest absolute Gasteiger partial charge is 0.274 e. The summed E-state index contributed by atoms with van der Waals surface area (Å²) in [5.41, 5.74) is 0.357. The number of non-ortho nitro benzene ring substituents is 1. The molecule has 0 unspecified atom stereocenters. The van der Waals surface area contributed by atoms with Crippen molar-refractivity contribution in [1.82, 2.24) is 0 Å². The van der Waals surface area contributed by atoms with Crippen molar-refractivity contribution in [1.29, 1.82) is 0 Å². The van der Waals surface area contributed by atoms with E-state index in [0.717, 1.165) is 19.0 Å². The van der Waals surface area contributed by atoms with Crippen LogP contribution in [0.5, 0.6) is 0 Å². The lowest BCUT2D eigenvalue weighted by atomic mass is 10.2. The Morgan fingerprint density at radius 1 is 1.41 bits per heavy atom. The molecule has 0 aromatic heterocycles. The molecule has 1 rings (SSSR count). The third-order valence-electron chi connectivity index (χ3n) is 2.50. The maximum Gasteiger partial charge on any atom is 0.274 e. The Hall–Kier alpha value is -1.65. The van der Waals surface area contributed by atoms with Crippen LogP contribution in [0.3, 0.4) is 0 Å². The maximum atomic E-state index is 13.3. The first-order valence-electron chi connectivity index (χ1n) is 5.67. The molecule has 0 saturated carbocycles. The average Bonchev–Trinajstić information content (AvgIpc) is 2.24. The third kappa shape index (κ3) is 3.41. The normalized spacial score (nSPS) is 10.6. The molecule has 0 saturated heterocycles. The molecule has 0 spiro atoms. The van der Waals surface area contributed by atoms with E-state index in [4.69, 9.17) is 0 Å². The molecule has 1 aromatic rings. The van der Waals surface area contributed by atoms with E-state index < -0.39 is 10.7 Å². The highest BCUT2D eigenvalue weighted by Crippen LogP contribution is 2.25.